The summed E-state index contributed by atoms with van der Waals surface area (Å²) in [6.45, 7) is 1.99. The Balaban J connectivity index is 2.99. The minimum atomic E-state index is 0.679. The monoisotopic (exact) mass is 269 g/mol. The average molecular weight is 270 g/mol. The van der Waals surface area contributed by atoms with Crippen LogP contribution in [0.5, 0.6) is 0 Å². The molecule has 0 atom stereocenters. The summed E-state index contributed by atoms with van der Waals surface area (Å²) in [6, 6.07) is 3.82. The maximum Gasteiger partial charge on any atom is 0.151 e. The highest BCUT2D eigenvalue weighted by Crippen LogP contribution is 2.29. The lowest BCUT2D eigenvalue weighted by Crippen LogP contribution is -1.89. The van der Waals surface area contributed by atoms with Gasteiger partial charge in [-0.15, -0.1) is 0 Å². The minimum Gasteiger partial charge on any atom is -0.298 e. The van der Waals surface area contributed by atoms with Gasteiger partial charge in [0.15, 0.2) is 6.29 Å². The molecule has 0 unspecified atom stereocenters. The van der Waals surface area contributed by atoms with Crippen LogP contribution < -0.4 is 0 Å². The Kier molecular flexibility index (Phi) is 2.41. The number of halogens is 1. The lowest BCUT2D eigenvalue weighted by atomic mass is 10.1. The minimum absolute atomic E-state index is 0.679. The molecule has 0 aliphatic heterocycles. The number of aromatic nitrogens is 1. The summed E-state index contributed by atoms with van der Waals surface area (Å²) in [5.74, 6) is 0. The second-order valence-electron chi connectivity index (χ2n) is 3.13. The number of nitrogens with zero attached hydrogens (tertiary/aromatic N) is 1. The van der Waals surface area contributed by atoms with Crippen LogP contribution in [-0.2, 0) is 0 Å². The first-order valence-electron chi connectivity index (χ1n) is 4.09. The summed E-state index contributed by atoms with van der Waals surface area (Å²) in [6.07, 6.45) is 2.69. The van der Waals surface area contributed by atoms with Crippen molar-refractivity contribution in [1.29, 1.82) is 0 Å². The summed E-state index contributed by atoms with van der Waals surface area (Å²) in [5.41, 5.74) is 2.76. The zero-order valence-electron chi connectivity index (χ0n) is 7.49. The molecule has 0 fully saturated rings. The number of carbonyl (C=O) groups is 1. The zero-order valence-corrected chi connectivity index (χ0v) is 9.97. The van der Waals surface area contributed by atoms with Crippen molar-refractivity contribution in [1.82, 2.24) is 3.97 Å². The van der Waals surface area contributed by atoms with Crippen molar-refractivity contribution in [3.05, 3.63) is 33.9 Å². The van der Waals surface area contributed by atoms with Gasteiger partial charge in [-0.25, -0.2) is 0 Å². The number of rotatable bonds is 1. The summed E-state index contributed by atoms with van der Waals surface area (Å²) >= 11 is 7.65. The Morgan fingerprint density at radius 2 is 2.29 bits per heavy atom. The van der Waals surface area contributed by atoms with Crippen LogP contribution in [0.1, 0.15) is 15.9 Å². The molecule has 1 heterocycles. The average Bonchev–Trinajstić information content (AvgIpc) is 2.49. The standard InChI is InChI=1S/C10H8BrNOS/c1-6-4-9(11)8(5-13)7-2-3-12(14)10(6)7/h2-5,14H,1H3. The van der Waals surface area contributed by atoms with Gasteiger partial charge in [-0.3, -0.25) is 8.77 Å². The molecule has 72 valence electrons. The molecule has 0 bridgehead atoms. The molecule has 0 amide bonds. The quantitative estimate of drug-likeness (QED) is 0.623. The molecule has 0 N–H and O–H groups in total. The topological polar surface area (TPSA) is 22.0 Å². The van der Waals surface area contributed by atoms with E-state index in [0.717, 1.165) is 27.2 Å². The highest BCUT2D eigenvalue weighted by Gasteiger charge is 2.10. The number of hydrogen-bond acceptors (Lipinski definition) is 2. The SMILES string of the molecule is Cc1cc(Br)c(C=O)c2ccn(S)c12. The highest BCUT2D eigenvalue weighted by atomic mass is 79.9. The number of aldehydes is 1. The van der Waals surface area contributed by atoms with E-state index in [9.17, 15) is 4.79 Å². The lowest BCUT2D eigenvalue weighted by Gasteiger charge is -2.04. The van der Waals surface area contributed by atoms with E-state index in [2.05, 4.69) is 28.7 Å². The number of hydrogen-bond donors (Lipinski definition) is 1. The van der Waals surface area contributed by atoms with Gasteiger partial charge in [0.05, 0.1) is 5.52 Å². The Morgan fingerprint density at radius 1 is 1.57 bits per heavy atom. The number of aryl methyl sites for hydroxylation is 1. The molecule has 0 saturated heterocycles. The van der Waals surface area contributed by atoms with E-state index in [0.29, 0.717) is 5.56 Å². The number of thiol groups is 1. The van der Waals surface area contributed by atoms with Gasteiger partial charge in [0.25, 0.3) is 0 Å². The Bertz CT molecular complexity index is 518. The van der Waals surface area contributed by atoms with Crippen molar-refractivity contribution in [3.8, 4) is 0 Å². The van der Waals surface area contributed by atoms with E-state index in [1.807, 2.05) is 25.3 Å². The third-order valence-corrected chi connectivity index (χ3v) is 3.24. The normalized spacial score (nSPS) is 10.8. The van der Waals surface area contributed by atoms with E-state index in [4.69, 9.17) is 0 Å². The van der Waals surface area contributed by atoms with Crippen molar-refractivity contribution in [3.63, 3.8) is 0 Å². The van der Waals surface area contributed by atoms with E-state index >= 15 is 0 Å². The van der Waals surface area contributed by atoms with Crippen molar-refractivity contribution in [2.75, 3.05) is 0 Å². The second kappa shape index (κ2) is 3.44. The van der Waals surface area contributed by atoms with Crippen LogP contribution in [0.25, 0.3) is 10.9 Å². The molecule has 2 rings (SSSR count). The van der Waals surface area contributed by atoms with Gasteiger partial charge < -0.3 is 0 Å². The van der Waals surface area contributed by atoms with Gasteiger partial charge in [-0.2, -0.15) is 0 Å². The third-order valence-electron chi connectivity index (χ3n) is 2.25. The zero-order chi connectivity index (χ0) is 10.3. The van der Waals surface area contributed by atoms with Crippen molar-refractivity contribution >= 4 is 45.9 Å². The molecule has 0 radical (unpaired) electrons. The van der Waals surface area contributed by atoms with Gasteiger partial charge in [-0.1, -0.05) is 28.7 Å². The van der Waals surface area contributed by atoms with Gasteiger partial charge in [0.2, 0.25) is 0 Å². The summed E-state index contributed by atoms with van der Waals surface area (Å²) in [5, 5.41) is 0.932. The van der Waals surface area contributed by atoms with Gasteiger partial charge in [0.1, 0.15) is 0 Å². The number of carbonyl (C=O) groups excluding carboxylic acids is 1. The smallest absolute Gasteiger partial charge is 0.151 e. The van der Waals surface area contributed by atoms with Crippen molar-refractivity contribution in [2.45, 2.75) is 6.92 Å². The molecule has 2 nitrogen and oxygen atoms in total. The van der Waals surface area contributed by atoms with Crippen LogP contribution in [-0.4, -0.2) is 10.3 Å². The fourth-order valence-corrected chi connectivity index (χ4v) is 2.60. The van der Waals surface area contributed by atoms with Gasteiger partial charge in [0, 0.05) is 21.6 Å². The molecule has 1 aromatic heterocycles. The molecule has 0 spiro atoms. The predicted molar refractivity (Wildman–Crippen MR) is 64.1 cm³/mol. The van der Waals surface area contributed by atoms with Gasteiger partial charge >= 0.3 is 0 Å². The Morgan fingerprint density at radius 3 is 2.93 bits per heavy atom. The largest absolute Gasteiger partial charge is 0.298 e. The molecule has 4 heteroatoms. The Labute approximate surface area is 95.6 Å². The molecule has 0 saturated carbocycles. The van der Waals surface area contributed by atoms with E-state index in [1.54, 1.807) is 3.97 Å². The Hall–Kier alpha value is -0.740. The fraction of sp³-hybridized carbons (Fsp3) is 0.100. The van der Waals surface area contributed by atoms with Crippen molar-refractivity contribution in [2.24, 2.45) is 0 Å². The molecule has 0 aliphatic carbocycles. The first-order valence-corrected chi connectivity index (χ1v) is 5.29. The van der Waals surface area contributed by atoms with Crippen LogP contribution in [0.15, 0.2) is 22.8 Å². The second-order valence-corrected chi connectivity index (χ2v) is 4.41. The summed E-state index contributed by atoms with van der Waals surface area (Å²) < 4.78 is 2.56. The van der Waals surface area contributed by atoms with Gasteiger partial charge in [-0.05, 0) is 24.6 Å². The molecule has 1 aromatic carbocycles. The van der Waals surface area contributed by atoms with Crippen LogP contribution in [0.4, 0.5) is 0 Å². The molecular weight excluding hydrogens is 262 g/mol. The summed E-state index contributed by atoms with van der Waals surface area (Å²) in [4.78, 5) is 10.9. The van der Waals surface area contributed by atoms with E-state index < -0.39 is 0 Å². The van der Waals surface area contributed by atoms with Crippen LogP contribution in [0.2, 0.25) is 0 Å². The fourth-order valence-electron chi connectivity index (χ4n) is 1.62. The lowest BCUT2D eigenvalue weighted by molar-refractivity contribution is 0.112. The summed E-state index contributed by atoms with van der Waals surface area (Å²) in [7, 11) is 0. The van der Waals surface area contributed by atoms with Crippen LogP contribution in [0.3, 0.4) is 0 Å². The maximum absolute atomic E-state index is 10.9. The highest BCUT2D eigenvalue weighted by molar-refractivity contribution is 9.10. The molecule has 2 aromatic rings. The first-order chi connectivity index (χ1) is 6.65. The predicted octanol–water partition coefficient (Wildman–Crippen LogP) is 3.22. The maximum atomic E-state index is 10.9. The van der Waals surface area contributed by atoms with Crippen LogP contribution in [0, 0.1) is 6.92 Å². The van der Waals surface area contributed by atoms with Crippen molar-refractivity contribution < 1.29 is 4.79 Å². The van der Waals surface area contributed by atoms with E-state index in [-0.39, 0.29) is 0 Å². The molecule has 0 aliphatic rings. The number of benzene rings is 1. The number of fused-ring (bicyclic) bond motifs is 1. The molecule has 14 heavy (non-hydrogen) atoms. The molecular formula is C10H8BrNOS. The third kappa shape index (κ3) is 1.29. The van der Waals surface area contributed by atoms with E-state index in [1.165, 1.54) is 0 Å². The van der Waals surface area contributed by atoms with Crippen LogP contribution >= 0.6 is 28.7 Å². The first kappa shape index (κ1) is 9.80.